The van der Waals surface area contributed by atoms with Crippen LogP contribution in [0.2, 0.25) is 0 Å². The first-order valence-electron chi connectivity index (χ1n) is 6.39. The molecule has 84 valence electrons. The summed E-state index contributed by atoms with van der Waals surface area (Å²) in [6.45, 7) is 4.28. The van der Waals surface area contributed by atoms with Crippen LogP contribution < -0.4 is 0 Å². The molecule has 0 heterocycles. The maximum Gasteiger partial charge on any atom is 0.0647 e. The molecular formula is C13H26O. The predicted molar refractivity (Wildman–Crippen MR) is 61.3 cm³/mol. The second-order valence-electron chi connectivity index (χ2n) is 5.15. The first-order valence-corrected chi connectivity index (χ1v) is 6.39. The van der Waals surface area contributed by atoms with Crippen LogP contribution in [0.5, 0.6) is 0 Å². The lowest BCUT2D eigenvalue weighted by atomic mass is 9.88. The van der Waals surface area contributed by atoms with E-state index in [0.717, 1.165) is 6.42 Å². The van der Waals surface area contributed by atoms with Gasteiger partial charge in [0.05, 0.1) is 5.60 Å². The monoisotopic (exact) mass is 198 g/mol. The van der Waals surface area contributed by atoms with Crippen LogP contribution >= 0.6 is 0 Å². The minimum Gasteiger partial charge on any atom is -0.390 e. The summed E-state index contributed by atoms with van der Waals surface area (Å²) in [6, 6.07) is 0. The summed E-state index contributed by atoms with van der Waals surface area (Å²) in [5, 5.41) is 10.1. The van der Waals surface area contributed by atoms with Crippen molar-refractivity contribution in [2.45, 2.75) is 77.2 Å². The van der Waals surface area contributed by atoms with Crippen LogP contribution in [0.1, 0.15) is 71.6 Å². The van der Waals surface area contributed by atoms with E-state index in [1.54, 1.807) is 0 Å². The highest BCUT2D eigenvalue weighted by atomic mass is 16.3. The molecule has 0 aromatic heterocycles. The maximum absolute atomic E-state index is 10.1. The van der Waals surface area contributed by atoms with Crippen LogP contribution in [0, 0.1) is 5.92 Å². The van der Waals surface area contributed by atoms with Crippen LogP contribution in [0.25, 0.3) is 0 Å². The van der Waals surface area contributed by atoms with Gasteiger partial charge in [0.1, 0.15) is 0 Å². The van der Waals surface area contributed by atoms with Crippen LogP contribution in [0.15, 0.2) is 0 Å². The van der Waals surface area contributed by atoms with Crippen LogP contribution in [0.4, 0.5) is 0 Å². The Morgan fingerprint density at radius 2 is 1.93 bits per heavy atom. The lowest BCUT2D eigenvalue weighted by Gasteiger charge is -2.25. The molecule has 1 heteroatoms. The molecular weight excluding hydrogens is 172 g/mol. The van der Waals surface area contributed by atoms with Crippen LogP contribution in [-0.4, -0.2) is 10.7 Å². The predicted octanol–water partition coefficient (Wildman–Crippen LogP) is 3.90. The van der Waals surface area contributed by atoms with Crippen LogP contribution in [0.3, 0.4) is 0 Å². The van der Waals surface area contributed by atoms with Crippen molar-refractivity contribution in [3.05, 3.63) is 0 Å². The van der Waals surface area contributed by atoms with Crippen LogP contribution in [-0.2, 0) is 0 Å². The van der Waals surface area contributed by atoms with Gasteiger partial charge in [0.15, 0.2) is 0 Å². The average molecular weight is 198 g/mol. The summed E-state index contributed by atoms with van der Waals surface area (Å²) in [4.78, 5) is 0. The standard InChI is InChI=1S/C13H26O/c1-3-4-5-6-7-9-12-10-8-11-13(12,2)14/h12,14H,3-11H2,1-2H3. The van der Waals surface area contributed by atoms with Crippen molar-refractivity contribution in [1.29, 1.82) is 0 Å². The molecule has 0 aromatic rings. The van der Waals surface area contributed by atoms with E-state index >= 15 is 0 Å². The van der Waals surface area contributed by atoms with Gasteiger partial charge in [-0.3, -0.25) is 0 Å². The van der Waals surface area contributed by atoms with E-state index in [0.29, 0.717) is 5.92 Å². The quantitative estimate of drug-likeness (QED) is 0.642. The Hall–Kier alpha value is -0.0400. The van der Waals surface area contributed by atoms with Gasteiger partial charge in [-0.15, -0.1) is 0 Å². The lowest BCUT2D eigenvalue weighted by molar-refractivity contribution is 0.0170. The highest BCUT2D eigenvalue weighted by molar-refractivity contribution is 4.87. The number of hydrogen-bond acceptors (Lipinski definition) is 1. The molecule has 0 bridgehead atoms. The van der Waals surface area contributed by atoms with Gasteiger partial charge in [0, 0.05) is 0 Å². The van der Waals surface area contributed by atoms with Crippen molar-refractivity contribution in [2.75, 3.05) is 0 Å². The summed E-state index contributed by atoms with van der Waals surface area (Å²) in [5.74, 6) is 0.587. The molecule has 0 spiro atoms. The van der Waals surface area contributed by atoms with E-state index in [1.165, 1.54) is 51.4 Å². The number of aliphatic hydroxyl groups is 1. The van der Waals surface area contributed by atoms with E-state index in [2.05, 4.69) is 6.92 Å². The topological polar surface area (TPSA) is 20.2 Å². The fourth-order valence-corrected chi connectivity index (χ4v) is 2.67. The summed E-state index contributed by atoms with van der Waals surface area (Å²) in [7, 11) is 0. The zero-order valence-corrected chi connectivity index (χ0v) is 9.89. The summed E-state index contributed by atoms with van der Waals surface area (Å²) in [5.41, 5.74) is -0.343. The molecule has 1 N–H and O–H groups in total. The van der Waals surface area contributed by atoms with Crippen molar-refractivity contribution < 1.29 is 5.11 Å². The van der Waals surface area contributed by atoms with Crippen molar-refractivity contribution in [1.82, 2.24) is 0 Å². The SMILES string of the molecule is CCCCCCCC1CCCC1(C)O. The Balaban J connectivity index is 2.06. The Labute approximate surface area is 88.9 Å². The third-order valence-corrected chi connectivity index (χ3v) is 3.77. The Bertz CT molecular complexity index is 151. The third kappa shape index (κ3) is 3.61. The van der Waals surface area contributed by atoms with E-state index < -0.39 is 0 Å². The van der Waals surface area contributed by atoms with Gasteiger partial charge in [0.2, 0.25) is 0 Å². The minimum atomic E-state index is -0.343. The summed E-state index contributed by atoms with van der Waals surface area (Å²) in [6.07, 6.45) is 11.5. The molecule has 2 atom stereocenters. The zero-order chi connectivity index (χ0) is 10.4. The van der Waals surface area contributed by atoms with E-state index in [9.17, 15) is 5.11 Å². The van der Waals surface area contributed by atoms with E-state index in [1.807, 2.05) is 6.92 Å². The molecule has 2 unspecified atom stereocenters. The smallest absolute Gasteiger partial charge is 0.0647 e. The van der Waals surface area contributed by atoms with Gasteiger partial charge >= 0.3 is 0 Å². The Morgan fingerprint density at radius 3 is 2.50 bits per heavy atom. The second kappa shape index (κ2) is 5.75. The Kier molecular flexibility index (Phi) is 4.94. The molecule has 1 fully saturated rings. The molecule has 14 heavy (non-hydrogen) atoms. The second-order valence-corrected chi connectivity index (χ2v) is 5.15. The highest BCUT2D eigenvalue weighted by Crippen LogP contribution is 2.38. The summed E-state index contributed by atoms with van der Waals surface area (Å²) >= 11 is 0. The molecule has 0 saturated heterocycles. The zero-order valence-electron chi connectivity index (χ0n) is 9.89. The molecule has 0 aliphatic heterocycles. The highest BCUT2D eigenvalue weighted by Gasteiger charge is 2.35. The van der Waals surface area contributed by atoms with Gasteiger partial charge in [0.25, 0.3) is 0 Å². The van der Waals surface area contributed by atoms with Crippen molar-refractivity contribution in [3.63, 3.8) is 0 Å². The number of rotatable bonds is 6. The maximum atomic E-state index is 10.1. The van der Waals surface area contributed by atoms with E-state index in [-0.39, 0.29) is 5.60 Å². The molecule has 1 aliphatic rings. The van der Waals surface area contributed by atoms with Crippen molar-refractivity contribution in [3.8, 4) is 0 Å². The third-order valence-electron chi connectivity index (χ3n) is 3.77. The van der Waals surface area contributed by atoms with Gasteiger partial charge in [-0.25, -0.2) is 0 Å². The minimum absolute atomic E-state index is 0.343. The fourth-order valence-electron chi connectivity index (χ4n) is 2.67. The van der Waals surface area contributed by atoms with Gasteiger partial charge < -0.3 is 5.11 Å². The molecule has 0 radical (unpaired) electrons. The molecule has 1 nitrogen and oxygen atoms in total. The number of unbranched alkanes of at least 4 members (excludes halogenated alkanes) is 4. The van der Waals surface area contributed by atoms with E-state index in [4.69, 9.17) is 0 Å². The molecule has 1 saturated carbocycles. The normalized spacial score (nSPS) is 32.4. The summed E-state index contributed by atoms with van der Waals surface area (Å²) < 4.78 is 0. The molecule has 0 amide bonds. The molecule has 0 aromatic carbocycles. The fraction of sp³-hybridized carbons (Fsp3) is 1.00. The Morgan fingerprint density at radius 1 is 1.21 bits per heavy atom. The van der Waals surface area contributed by atoms with Crippen molar-refractivity contribution in [2.24, 2.45) is 5.92 Å². The average Bonchev–Trinajstić information content (AvgIpc) is 2.45. The first-order chi connectivity index (χ1) is 6.67. The molecule has 1 rings (SSSR count). The van der Waals surface area contributed by atoms with Gasteiger partial charge in [-0.1, -0.05) is 45.4 Å². The first kappa shape index (κ1) is 12.0. The van der Waals surface area contributed by atoms with Gasteiger partial charge in [-0.2, -0.15) is 0 Å². The lowest BCUT2D eigenvalue weighted by Crippen LogP contribution is -2.28. The van der Waals surface area contributed by atoms with Gasteiger partial charge in [-0.05, 0) is 32.1 Å². The largest absolute Gasteiger partial charge is 0.390 e. The molecule has 1 aliphatic carbocycles. The van der Waals surface area contributed by atoms with Crippen molar-refractivity contribution >= 4 is 0 Å². The number of hydrogen-bond donors (Lipinski definition) is 1.